The molecule has 18 heavy (non-hydrogen) atoms. The lowest BCUT2D eigenvalue weighted by Gasteiger charge is -2.32. The molecule has 3 rings (SSSR count). The molecule has 0 amide bonds. The van der Waals surface area contributed by atoms with E-state index in [0.717, 1.165) is 30.6 Å². The largest absolute Gasteiger partial charge is 0.393 e. The van der Waals surface area contributed by atoms with Gasteiger partial charge in [-0.15, -0.1) is 0 Å². The van der Waals surface area contributed by atoms with E-state index in [1.54, 1.807) is 0 Å². The minimum absolute atomic E-state index is 0.0987. The molecule has 1 aromatic heterocycles. The molecule has 0 bridgehead atoms. The highest BCUT2D eigenvalue weighted by molar-refractivity contribution is 5.82. The molecule has 0 radical (unpaired) electrons. The number of aromatic nitrogens is 1. The number of para-hydroxylation sites is 1. The van der Waals surface area contributed by atoms with Gasteiger partial charge in [-0.05, 0) is 37.5 Å². The summed E-state index contributed by atoms with van der Waals surface area (Å²) in [5.74, 6) is 0. The second kappa shape index (κ2) is 4.67. The molecule has 0 spiro atoms. The quantitative estimate of drug-likeness (QED) is 0.867. The smallest absolute Gasteiger partial charge is 0.0708 e. The molecule has 1 heterocycles. The van der Waals surface area contributed by atoms with Crippen LogP contribution in [0.5, 0.6) is 0 Å². The summed E-state index contributed by atoms with van der Waals surface area (Å²) in [4.78, 5) is 4.54. The predicted molar refractivity (Wildman–Crippen MR) is 72.3 cm³/mol. The Morgan fingerprint density at radius 2 is 2.11 bits per heavy atom. The van der Waals surface area contributed by atoms with Crippen LogP contribution in [-0.4, -0.2) is 22.2 Å². The Bertz CT molecular complexity index is 561. The molecule has 3 heteroatoms. The summed E-state index contributed by atoms with van der Waals surface area (Å²) >= 11 is 0. The third-order valence-electron chi connectivity index (χ3n) is 3.62. The third kappa shape index (κ3) is 2.24. The molecule has 0 unspecified atom stereocenters. The zero-order valence-corrected chi connectivity index (χ0v) is 10.6. The van der Waals surface area contributed by atoms with Crippen LogP contribution in [0.15, 0.2) is 30.3 Å². The van der Waals surface area contributed by atoms with Gasteiger partial charge < -0.3 is 10.4 Å². The summed E-state index contributed by atoms with van der Waals surface area (Å²) in [6.45, 7) is 2.88. The molecule has 1 aromatic carbocycles. The van der Waals surface area contributed by atoms with Gasteiger partial charge in [0.2, 0.25) is 0 Å². The van der Waals surface area contributed by atoms with E-state index in [4.69, 9.17) is 0 Å². The first kappa shape index (κ1) is 11.6. The number of hydrogen-bond acceptors (Lipinski definition) is 3. The van der Waals surface area contributed by atoms with E-state index in [0.29, 0.717) is 6.04 Å². The van der Waals surface area contributed by atoms with Crippen molar-refractivity contribution in [2.24, 2.45) is 0 Å². The fourth-order valence-corrected chi connectivity index (χ4v) is 2.55. The summed E-state index contributed by atoms with van der Waals surface area (Å²) in [7, 11) is 0. The molecule has 0 aliphatic heterocycles. The van der Waals surface area contributed by atoms with Gasteiger partial charge in [-0.25, -0.2) is 0 Å². The number of nitrogens with one attached hydrogen (secondary N) is 1. The normalized spacial score (nSPS) is 23.0. The number of fused-ring (bicyclic) bond motifs is 1. The zero-order valence-electron chi connectivity index (χ0n) is 10.6. The number of nitrogens with zero attached hydrogens (tertiary/aromatic N) is 1. The lowest BCUT2D eigenvalue weighted by atomic mass is 9.89. The van der Waals surface area contributed by atoms with Crippen molar-refractivity contribution in [1.82, 2.24) is 10.3 Å². The average molecular weight is 242 g/mol. The van der Waals surface area contributed by atoms with Crippen LogP contribution in [0.3, 0.4) is 0 Å². The minimum atomic E-state index is -0.0987. The lowest BCUT2D eigenvalue weighted by molar-refractivity contribution is 0.0620. The standard InChI is InChI=1S/C15H18N2O/c1-10-6-11(9-16-12-7-13(18)8-12)14-4-2-3-5-15(14)17-10/h2-6,12-13,16,18H,7-9H2,1H3. The number of benzene rings is 1. The highest BCUT2D eigenvalue weighted by atomic mass is 16.3. The summed E-state index contributed by atoms with van der Waals surface area (Å²) in [5, 5.41) is 14.0. The van der Waals surface area contributed by atoms with E-state index in [2.05, 4.69) is 34.6 Å². The third-order valence-corrected chi connectivity index (χ3v) is 3.62. The summed E-state index contributed by atoms with van der Waals surface area (Å²) < 4.78 is 0. The molecule has 1 aliphatic rings. The van der Waals surface area contributed by atoms with Gasteiger partial charge in [0.15, 0.2) is 0 Å². The molecular formula is C15H18N2O. The summed E-state index contributed by atoms with van der Waals surface area (Å²) in [5.41, 5.74) is 3.40. The number of rotatable bonds is 3. The predicted octanol–water partition coefficient (Wildman–Crippen LogP) is 2.16. The number of aryl methyl sites for hydroxylation is 1. The van der Waals surface area contributed by atoms with Crippen molar-refractivity contribution in [1.29, 1.82) is 0 Å². The van der Waals surface area contributed by atoms with Gasteiger partial charge in [0.25, 0.3) is 0 Å². The number of aliphatic hydroxyl groups is 1. The first-order valence-corrected chi connectivity index (χ1v) is 6.49. The molecule has 1 saturated carbocycles. The monoisotopic (exact) mass is 242 g/mol. The molecule has 3 nitrogen and oxygen atoms in total. The highest BCUT2D eigenvalue weighted by Crippen LogP contribution is 2.22. The molecule has 2 aromatic rings. The average Bonchev–Trinajstić information content (AvgIpc) is 2.32. The molecule has 1 fully saturated rings. The van der Waals surface area contributed by atoms with Crippen LogP contribution in [0.4, 0.5) is 0 Å². The van der Waals surface area contributed by atoms with Crippen molar-refractivity contribution in [3.8, 4) is 0 Å². The van der Waals surface area contributed by atoms with Gasteiger partial charge >= 0.3 is 0 Å². The van der Waals surface area contributed by atoms with Crippen molar-refractivity contribution in [3.63, 3.8) is 0 Å². The van der Waals surface area contributed by atoms with Gasteiger partial charge in [-0.1, -0.05) is 18.2 Å². The lowest BCUT2D eigenvalue weighted by Crippen LogP contribution is -2.43. The van der Waals surface area contributed by atoms with E-state index in [-0.39, 0.29) is 6.10 Å². The minimum Gasteiger partial charge on any atom is -0.393 e. The van der Waals surface area contributed by atoms with Crippen LogP contribution in [0.25, 0.3) is 10.9 Å². The van der Waals surface area contributed by atoms with E-state index in [1.807, 2.05) is 13.0 Å². The van der Waals surface area contributed by atoms with E-state index < -0.39 is 0 Å². The molecule has 2 N–H and O–H groups in total. The van der Waals surface area contributed by atoms with E-state index in [9.17, 15) is 5.11 Å². The Hall–Kier alpha value is -1.45. The van der Waals surface area contributed by atoms with Crippen molar-refractivity contribution < 1.29 is 5.11 Å². The van der Waals surface area contributed by atoms with Gasteiger partial charge in [-0.3, -0.25) is 4.98 Å². The van der Waals surface area contributed by atoms with Crippen molar-refractivity contribution in [2.75, 3.05) is 0 Å². The van der Waals surface area contributed by atoms with Crippen molar-refractivity contribution >= 4 is 10.9 Å². The molecule has 0 saturated heterocycles. The SMILES string of the molecule is Cc1cc(CNC2CC(O)C2)c2ccccc2n1. The Balaban J connectivity index is 1.82. The van der Waals surface area contributed by atoms with Crippen LogP contribution in [-0.2, 0) is 6.54 Å². The molecule has 0 atom stereocenters. The Labute approximate surface area is 107 Å². The fourth-order valence-electron chi connectivity index (χ4n) is 2.55. The van der Waals surface area contributed by atoms with Crippen LogP contribution >= 0.6 is 0 Å². The number of pyridine rings is 1. The van der Waals surface area contributed by atoms with Crippen LogP contribution in [0, 0.1) is 6.92 Å². The maximum atomic E-state index is 9.28. The van der Waals surface area contributed by atoms with Crippen molar-refractivity contribution in [2.45, 2.75) is 38.5 Å². The Morgan fingerprint density at radius 3 is 2.89 bits per heavy atom. The number of aliphatic hydroxyl groups excluding tert-OH is 1. The summed E-state index contributed by atoms with van der Waals surface area (Å²) in [6, 6.07) is 10.9. The molecule has 1 aliphatic carbocycles. The van der Waals surface area contributed by atoms with Gasteiger partial charge in [-0.2, -0.15) is 0 Å². The Kier molecular flexibility index (Phi) is 3.02. The highest BCUT2D eigenvalue weighted by Gasteiger charge is 2.26. The fraction of sp³-hybridized carbons (Fsp3) is 0.400. The molecule has 94 valence electrons. The van der Waals surface area contributed by atoms with Crippen LogP contribution < -0.4 is 5.32 Å². The second-order valence-electron chi connectivity index (χ2n) is 5.14. The first-order valence-electron chi connectivity index (χ1n) is 6.49. The van der Waals surface area contributed by atoms with Crippen molar-refractivity contribution in [3.05, 3.63) is 41.6 Å². The second-order valence-corrected chi connectivity index (χ2v) is 5.14. The van der Waals surface area contributed by atoms with Crippen LogP contribution in [0.2, 0.25) is 0 Å². The van der Waals surface area contributed by atoms with Gasteiger partial charge in [0.05, 0.1) is 11.6 Å². The van der Waals surface area contributed by atoms with Gasteiger partial charge in [0.1, 0.15) is 0 Å². The maximum Gasteiger partial charge on any atom is 0.0708 e. The van der Waals surface area contributed by atoms with Crippen LogP contribution in [0.1, 0.15) is 24.1 Å². The topological polar surface area (TPSA) is 45.1 Å². The summed E-state index contributed by atoms with van der Waals surface area (Å²) in [6.07, 6.45) is 1.66. The van der Waals surface area contributed by atoms with E-state index in [1.165, 1.54) is 10.9 Å². The maximum absolute atomic E-state index is 9.28. The number of hydrogen-bond donors (Lipinski definition) is 2. The van der Waals surface area contributed by atoms with E-state index >= 15 is 0 Å². The molecular weight excluding hydrogens is 224 g/mol. The van der Waals surface area contributed by atoms with Gasteiger partial charge in [0, 0.05) is 23.7 Å². The Morgan fingerprint density at radius 1 is 1.33 bits per heavy atom. The first-order chi connectivity index (χ1) is 8.72. The zero-order chi connectivity index (χ0) is 12.5.